The van der Waals surface area contributed by atoms with Crippen molar-refractivity contribution in [3.8, 4) is 5.75 Å². The van der Waals surface area contributed by atoms with E-state index in [4.69, 9.17) is 4.43 Å². The molecule has 146 valence electrons. The van der Waals surface area contributed by atoms with Crippen LogP contribution >= 0.6 is 0 Å². The van der Waals surface area contributed by atoms with E-state index < -0.39 is 32.2 Å². The van der Waals surface area contributed by atoms with Crippen molar-refractivity contribution in [2.24, 2.45) is 11.0 Å². The normalized spacial score (nSPS) is 21.9. The van der Waals surface area contributed by atoms with Crippen LogP contribution in [0.15, 0.2) is 29.4 Å². The molecule has 0 saturated heterocycles. The lowest BCUT2D eigenvalue weighted by Crippen LogP contribution is -2.46. The number of halogens is 3. The number of hydrogen-bond acceptors (Lipinski definition) is 4. The monoisotopic (exact) mass is 388 g/mol. The van der Waals surface area contributed by atoms with Crippen LogP contribution in [0.2, 0.25) is 18.1 Å². The van der Waals surface area contributed by atoms with E-state index in [1.807, 2.05) is 0 Å². The van der Waals surface area contributed by atoms with E-state index in [9.17, 15) is 18.3 Å². The summed E-state index contributed by atoms with van der Waals surface area (Å²) in [6.45, 7) is 12.1. The highest BCUT2D eigenvalue weighted by Crippen LogP contribution is 2.39. The molecule has 2 atom stereocenters. The Balaban J connectivity index is 2.31. The molecule has 1 aromatic rings. The molecule has 0 spiro atoms. The number of hydrazone groups is 1. The zero-order chi connectivity index (χ0) is 19.9. The summed E-state index contributed by atoms with van der Waals surface area (Å²) in [5.41, 5.74) is -0.299. The predicted molar refractivity (Wildman–Crippen MR) is 100 cm³/mol. The zero-order valence-corrected chi connectivity index (χ0v) is 17.1. The summed E-state index contributed by atoms with van der Waals surface area (Å²) in [7, 11) is -2.11. The van der Waals surface area contributed by atoms with Crippen LogP contribution in [-0.2, 0) is 4.43 Å². The molecule has 4 nitrogen and oxygen atoms in total. The van der Waals surface area contributed by atoms with Gasteiger partial charge in [-0.1, -0.05) is 27.7 Å². The minimum Gasteiger partial charge on any atom is -0.508 e. The fraction of sp³-hybridized carbons (Fsp3) is 0.611. The Morgan fingerprint density at radius 2 is 1.69 bits per heavy atom. The first-order chi connectivity index (χ1) is 11.7. The van der Waals surface area contributed by atoms with Crippen molar-refractivity contribution in [1.29, 1.82) is 0 Å². The van der Waals surface area contributed by atoms with Crippen LogP contribution < -0.4 is 5.01 Å². The standard InChI is InChI=1S/C18H27F3N2O2Si/c1-12-15(11-25-26(5,6)17(2,3)4)23(22-16(12)18(19,20)21)13-7-9-14(24)10-8-13/h7-10,12,15,24H,11H2,1-6H3. The Hall–Kier alpha value is -1.54. The molecule has 1 aliphatic heterocycles. The second kappa shape index (κ2) is 6.88. The van der Waals surface area contributed by atoms with Crippen molar-refractivity contribution in [3.63, 3.8) is 0 Å². The van der Waals surface area contributed by atoms with Gasteiger partial charge in [0.05, 0.1) is 18.3 Å². The van der Waals surface area contributed by atoms with E-state index in [0.29, 0.717) is 5.69 Å². The summed E-state index contributed by atoms with van der Waals surface area (Å²) >= 11 is 0. The lowest BCUT2D eigenvalue weighted by atomic mass is 9.97. The number of aromatic hydroxyl groups is 1. The van der Waals surface area contributed by atoms with Gasteiger partial charge >= 0.3 is 6.18 Å². The van der Waals surface area contributed by atoms with Crippen LogP contribution in [-0.4, -0.2) is 38.0 Å². The van der Waals surface area contributed by atoms with Crippen molar-refractivity contribution in [1.82, 2.24) is 0 Å². The minimum atomic E-state index is -4.49. The van der Waals surface area contributed by atoms with Gasteiger partial charge in [0, 0.05) is 5.92 Å². The number of alkyl halides is 3. The molecule has 0 aromatic heterocycles. The summed E-state index contributed by atoms with van der Waals surface area (Å²) in [4.78, 5) is 0. The maximum absolute atomic E-state index is 13.4. The number of hydrogen-bond donors (Lipinski definition) is 1. The SMILES string of the molecule is CC1C(C(F)(F)F)=NN(c2ccc(O)cc2)C1CO[Si](C)(C)C(C)(C)C. The van der Waals surface area contributed by atoms with Crippen LogP contribution in [0.1, 0.15) is 27.7 Å². The number of phenols is 1. The second-order valence-electron chi connectivity index (χ2n) is 8.27. The van der Waals surface area contributed by atoms with Crippen LogP contribution in [0.3, 0.4) is 0 Å². The average molecular weight is 389 g/mol. The molecule has 0 radical (unpaired) electrons. The molecule has 0 saturated carbocycles. The van der Waals surface area contributed by atoms with Crippen LogP contribution in [0.25, 0.3) is 0 Å². The van der Waals surface area contributed by atoms with Gasteiger partial charge in [0.1, 0.15) is 11.5 Å². The summed E-state index contributed by atoms with van der Waals surface area (Å²) in [6, 6.07) is 5.44. The number of phenolic OH excluding ortho intramolecular Hbond substituents is 1. The highest BCUT2D eigenvalue weighted by Gasteiger charge is 2.49. The number of rotatable bonds is 4. The minimum absolute atomic E-state index is 0.0358. The third-order valence-electron chi connectivity index (χ3n) is 5.36. The molecule has 0 amide bonds. The van der Waals surface area contributed by atoms with E-state index in [1.165, 1.54) is 24.1 Å². The van der Waals surface area contributed by atoms with Gasteiger partial charge in [-0.15, -0.1) is 0 Å². The maximum atomic E-state index is 13.4. The lowest BCUT2D eigenvalue weighted by Gasteiger charge is -2.38. The first-order valence-corrected chi connectivity index (χ1v) is 11.5. The van der Waals surface area contributed by atoms with Gasteiger partial charge in [0.25, 0.3) is 0 Å². The second-order valence-corrected chi connectivity index (χ2v) is 13.1. The van der Waals surface area contributed by atoms with Crippen molar-refractivity contribution >= 4 is 19.7 Å². The fourth-order valence-corrected chi connectivity index (χ4v) is 3.59. The highest BCUT2D eigenvalue weighted by molar-refractivity contribution is 6.74. The van der Waals surface area contributed by atoms with Crippen molar-refractivity contribution in [2.45, 2.75) is 58.0 Å². The molecule has 1 heterocycles. The first kappa shape index (κ1) is 20.8. The zero-order valence-electron chi connectivity index (χ0n) is 16.1. The van der Waals surface area contributed by atoms with Gasteiger partial charge in [0.15, 0.2) is 8.32 Å². The number of benzene rings is 1. The molecule has 1 aliphatic rings. The maximum Gasteiger partial charge on any atom is 0.431 e. The molecule has 1 aromatic carbocycles. The largest absolute Gasteiger partial charge is 0.508 e. The molecular formula is C18H27F3N2O2Si. The highest BCUT2D eigenvalue weighted by atomic mass is 28.4. The molecule has 0 fully saturated rings. The van der Waals surface area contributed by atoms with Gasteiger partial charge in [-0.05, 0) is 42.4 Å². The quantitative estimate of drug-likeness (QED) is 0.725. The Bertz CT molecular complexity index is 666. The van der Waals surface area contributed by atoms with E-state index in [1.54, 1.807) is 12.1 Å². The van der Waals surface area contributed by atoms with Gasteiger partial charge in [-0.2, -0.15) is 18.3 Å². The van der Waals surface area contributed by atoms with E-state index in [2.05, 4.69) is 39.0 Å². The predicted octanol–water partition coefficient (Wildman–Crippen LogP) is 5.16. The first-order valence-electron chi connectivity index (χ1n) is 8.62. The average Bonchev–Trinajstić information content (AvgIpc) is 2.82. The Kier molecular flexibility index (Phi) is 5.50. The third kappa shape index (κ3) is 4.23. The summed E-state index contributed by atoms with van der Waals surface area (Å²) < 4.78 is 46.3. The topological polar surface area (TPSA) is 45.1 Å². The molecule has 8 heteroatoms. The Labute approximate surface area is 153 Å². The van der Waals surface area contributed by atoms with Gasteiger partial charge in [-0.25, -0.2) is 0 Å². The van der Waals surface area contributed by atoms with Crippen LogP contribution in [0, 0.1) is 5.92 Å². The molecule has 0 aliphatic carbocycles. The number of nitrogens with zero attached hydrogens (tertiary/aromatic N) is 2. The van der Waals surface area contributed by atoms with Crippen molar-refractivity contribution in [3.05, 3.63) is 24.3 Å². The van der Waals surface area contributed by atoms with Crippen molar-refractivity contribution in [2.75, 3.05) is 11.6 Å². The lowest BCUT2D eigenvalue weighted by molar-refractivity contribution is -0.0621. The smallest absolute Gasteiger partial charge is 0.431 e. The fourth-order valence-electron chi connectivity index (χ4n) is 2.57. The van der Waals surface area contributed by atoms with Crippen LogP contribution in [0.4, 0.5) is 18.9 Å². The summed E-state index contributed by atoms with van der Waals surface area (Å²) in [5.74, 6) is -0.760. The van der Waals surface area contributed by atoms with Crippen LogP contribution in [0.5, 0.6) is 5.75 Å². The van der Waals surface area contributed by atoms with Crippen molar-refractivity contribution < 1.29 is 22.7 Å². The van der Waals surface area contributed by atoms with E-state index in [0.717, 1.165) is 0 Å². The molecule has 2 rings (SSSR count). The molecular weight excluding hydrogens is 361 g/mol. The molecule has 1 N–H and O–H groups in total. The van der Waals surface area contributed by atoms with E-state index in [-0.39, 0.29) is 17.4 Å². The number of anilines is 1. The van der Waals surface area contributed by atoms with Gasteiger partial charge in [0.2, 0.25) is 0 Å². The van der Waals surface area contributed by atoms with E-state index >= 15 is 0 Å². The third-order valence-corrected chi connectivity index (χ3v) is 9.86. The Morgan fingerprint density at radius 3 is 2.15 bits per heavy atom. The van der Waals surface area contributed by atoms with Gasteiger partial charge < -0.3 is 9.53 Å². The van der Waals surface area contributed by atoms with Gasteiger partial charge in [-0.3, -0.25) is 5.01 Å². The molecule has 2 unspecified atom stereocenters. The Morgan fingerprint density at radius 1 is 1.15 bits per heavy atom. The molecule has 26 heavy (non-hydrogen) atoms. The summed E-state index contributed by atoms with van der Waals surface area (Å²) in [6.07, 6.45) is -4.49. The summed E-state index contributed by atoms with van der Waals surface area (Å²) in [5, 5.41) is 14.6. The molecule has 0 bridgehead atoms.